The summed E-state index contributed by atoms with van der Waals surface area (Å²) in [5.41, 5.74) is 0.151. The van der Waals surface area contributed by atoms with Crippen LogP contribution in [0.15, 0.2) is 0 Å². The minimum absolute atomic E-state index is 0.281. The van der Waals surface area contributed by atoms with Crippen LogP contribution in [0, 0.1) is 0 Å². The van der Waals surface area contributed by atoms with Crippen molar-refractivity contribution in [1.82, 2.24) is 14.9 Å². The minimum atomic E-state index is -2.88. The lowest BCUT2D eigenvalue weighted by atomic mass is 9.91. The number of aliphatic hydroxyl groups is 1. The lowest BCUT2D eigenvalue weighted by molar-refractivity contribution is -0.00269. The summed E-state index contributed by atoms with van der Waals surface area (Å²) in [6.45, 7) is 5.11. The molecule has 0 saturated heterocycles. The molecule has 0 fully saturated rings. The molecule has 2 N–H and O–H groups in total. The highest BCUT2D eigenvalue weighted by Gasteiger charge is 2.27. The second-order valence-electron chi connectivity index (χ2n) is 4.81. The summed E-state index contributed by atoms with van der Waals surface area (Å²) in [5, 5.41) is 15.0. The van der Waals surface area contributed by atoms with E-state index in [0.29, 0.717) is 5.69 Å². The Kier molecular flexibility index (Phi) is 4.69. The van der Waals surface area contributed by atoms with Crippen molar-refractivity contribution in [2.45, 2.75) is 38.7 Å². The Balaban J connectivity index is 2.71. The fourth-order valence-corrected chi connectivity index (χ4v) is 1.99. The highest BCUT2D eigenvalue weighted by molar-refractivity contribution is 7.08. The number of halogens is 2. The predicted octanol–water partition coefficient (Wildman–Crippen LogP) is 1.19. The summed E-state index contributed by atoms with van der Waals surface area (Å²) in [6, 6.07) is 0. The van der Waals surface area contributed by atoms with E-state index in [-0.39, 0.29) is 10.3 Å². The fourth-order valence-electron chi connectivity index (χ4n) is 1.20. The van der Waals surface area contributed by atoms with Gasteiger partial charge >= 0.3 is 0 Å². The van der Waals surface area contributed by atoms with Gasteiger partial charge in [-0.25, -0.2) is 8.78 Å². The maximum Gasteiger partial charge on any atom is 0.265 e. The largest absolute Gasteiger partial charge is 0.385 e. The number of nitrogens with one attached hydrogen (secondary N) is 1. The van der Waals surface area contributed by atoms with Gasteiger partial charge in [-0.3, -0.25) is 4.79 Å². The Morgan fingerprint density at radius 2 is 2.11 bits per heavy atom. The van der Waals surface area contributed by atoms with Gasteiger partial charge in [-0.1, -0.05) is 25.3 Å². The van der Waals surface area contributed by atoms with Crippen LogP contribution in [0.25, 0.3) is 0 Å². The molecule has 1 heterocycles. The third-order valence-electron chi connectivity index (χ3n) is 2.17. The number of hydrogen-bond acceptors (Lipinski definition) is 5. The minimum Gasteiger partial charge on any atom is -0.385 e. The van der Waals surface area contributed by atoms with Gasteiger partial charge in [0, 0.05) is 12.0 Å². The number of hydrogen-bond donors (Lipinski definition) is 2. The van der Waals surface area contributed by atoms with Crippen LogP contribution in [0.4, 0.5) is 8.78 Å². The van der Waals surface area contributed by atoms with Crippen LogP contribution in [0.3, 0.4) is 0 Å². The molecule has 18 heavy (non-hydrogen) atoms. The van der Waals surface area contributed by atoms with Crippen molar-refractivity contribution in [3.63, 3.8) is 0 Å². The van der Waals surface area contributed by atoms with Crippen LogP contribution in [0.1, 0.15) is 36.1 Å². The molecule has 8 heteroatoms. The molecule has 0 radical (unpaired) electrons. The average Bonchev–Trinajstić information content (AvgIpc) is 2.73. The van der Waals surface area contributed by atoms with Crippen molar-refractivity contribution in [3.05, 3.63) is 10.6 Å². The molecule has 0 saturated carbocycles. The van der Waals surface area contributed by atoms with Gasteiger partial charge in [0.05, 0.1) is 5.69 Å². The van der Waals surface area contributed by atoms with Crippen LogP contribution in [0.5, 0.6) is 0 Å². The Hall–Kier alpha value is -1.15. The zero-order valence-corrected chi connectivity index (χ0v) is 11.1. The Morgan fingerprint density at radius 3 is 2.61 bits per heavy atom. The van der Waals surface area contributed by atoms with Crippen molar-refractivity contribution in [2.75, 3.05) is 6.54 Å². The summed E-state index contributed by atoms with van der Waals surface area (Å²) in [4.78, 5) is 12.0. The first-order valence-corrected chi connectivity index (χ1v) is 6.08. The van der Waals surface area contributed by atoms with E-state index in [1.807, 2.05) is 20.8 Å². The summed E-state index contributed by atoms with van der Waals surface area (Å²) in [6.07, 6.45) is -4.75. The summed E-state index contributed by atoms with van der Waals surface area (Å²) >= 11 is 0.902. The number of carbonyl (C=O) groups excluding carboxylic acids is 1. The average molecular weight is 279 g/mol. The molecule has 1 aromatic heterocycles. The molecule has 1 amide bonds. The molecule has 1 rings (SSSR count). The summed E-state index contributed by atoms with van der Waals surface area (Å²) < 4.78 is 27.8. The first-order valence-electron chi connectivity index (χ1n) is 5.30. The van der Waals surface area contributed by atoms with E-state index in [9.17, 15) is 13.6 Å². The fraction of sp³-hybridized carbons (Fsp3) is 0.700. The molecule has 1 unspecified atom stereocenters. The molecule has 1 atom stereocenters. The number of nitrogens with zero attached hydrogens (tertiary/aromatic N) is 2. The van der Waals surface area contributed by atoms with E-state index < -0.39 is 25.0 Å². The molecule has 1 aromatic rings. The summed E-state index contributed by atoms with van der Waals surface area (Å²) in [7, 11) is 0. The van der Waals surface area contributed by atoms with Crippen LogP contribution in [0.2, 0.25) is 0 Å². The molecule has 0 aliphatic rings. The second-order valence-corrected chi connectivity index (χ2v) is 5.57. The lowest BCUT2D eigenvalue weighted by Crippen LogP contribution is -2.36. The van der Waals surface area contributed by atoms with Gasteiger partial charge in [0.15, 0.2) is 0 Å². The maximum atomic E-state index is 12.1. The van der Waals surface area contributed by atoms with Crippen LogP contribution in [-0.4, -0.2) is 39.7 Å². The number of carbonyl (C=O) groups is 1. The Labute approximate surface area is 107 Å². The van der Waals surface area contributed by atoms with Crippen LogP contribution >= 0.6 is 11.5 Å². The molecule has 0 spiro atoms. The molecule has 0 aliphatic heterocycles. The number of aromatic nitrogens is 2. The van der Waals surface area contributed by atoms with E-state index in [0.717, 1.165) is 11.5 Å². The Bertz CT molecular complexity index is 418. The van der Waals surface area contributed by atoms with E-state index in [4.69, 9.17) is 5.11 Å². The number of alkyl halides is 2. The lowest BCUT2D eigenvalue weighted by Gasteiger charge is -2.16. The highest BCUT2D eigenvalue weighted by atomic mass is 32.1. The predicted molar refractivity (Wildman–Crippen MR) is 63.0 cm³/mol. The smallest absolute Gasteiger partial charge is 0.265 e. The van der Waals surface area contributed by atoms with Gasteiger partial charge in [0.2, 0.25) is 0 Å². The summed E-state index contributed by atoms with van der Waals surface area (Å²) in [5.74, 6) is -0.547. The van der Waals surface area contributed by atoms with E-state index in [1.165, 1.54) is 0 Å². The normalized spacial score (nSPS) is 13.7. The second kappa shape index (κ2) is 5.66. The van der Waals surface area contributed by atoms with Crippen molar-refractivity contribution < 1.29 is 18.7 Å². The van der Waals surface area contributed by atoms with Gasteiger partial charge in [0.1, 0.15) is 11.0 Å². The van der Waals surface area contributed by atoms with E-state index in [1.54, 1.807) is 0 Å². The monoisotopic (exact) mass is 279 g/mol. The molecular formula is C10H15F2N3O2S. The quantitative estimate of drug-likeness (QED) is 0.868. The Morgan fingerprint density at radius 1 is 1.50 bits per heavy atom. The van der Waals surface area contributed by atoms with Crippen molar-refractivity contribution >= 4 is 17.4 Å². The number of rotatable bonds is 4. The molecule has 0 aliphatic carbocycles. The standard InChI is InChI=1S/C10H15F2N3O2S/c1-10(2,3)7-6(18-15-14-7)9(17)13-4-5(16)8(11)12/h5,8,16H,4H2,1-3H3,(H,13,17). The first-order chi connectivity index (χ1) is 8.23. The van der Waals surface area contributed by atoms with Gasteiger partial charge < -0.3 is 10.4 Å². The number of aliphatic hydroxyl groups excluding tert-OH is 1. The maximum absolute atomic E-state index is 12.1. The van der Waals surface area contributed by atoms with Crippen molar-refractivity contribution in [2.24, 2.45) is 0 Å². The van der Waals surface area contributed by atoms with Gasteiger partial charge in [-0.2, -0.15) is 0 Å². The molecule has 0 aromatic carbocycles. The van der Waals surface area contributed by atoms with Crippen molar-refractivity contribution in [1.29, 1.82) is 0 Å². The zero-order chi connectivity index (χ0) is 13.9. The van der Waals surface area contributed by atoms with Crippen LogP contribution in [-0.2, 0) is 5.41 Å². The SMILES string of the molecule is CC(C)(C)c1nnsc1C(=O)NCC(O)C(F)F. The van der Waals surface area contributed by atoms with Gasteiger partial charge in [0.25, 0.3) is 12.3 Å². The highest BCUT2D eigenvalue weighted by Crippen LogP contribution is 2.25. The third kappa shape index (κ3) is 3.67. The molecule has 102 valence electrons. The number of amides is 1. The van der Waals surface area contributed by atoms with E-state index >= 15 is 0 Å². The van der Waals surface area contributed by atoms with Gasteiger partial charge in [-0.05, 0) is 11.5 Å². The molecule has 5 nitrogen and oxygen atoms in total. The molecule has 0 bridgehead atoms. The zero-order valence-electron chi connectivity index (χ0n) is 10.3. The first kappa shape index (κ1) is 14.9. The molecular weight excluding hydrogens is 264 g/mol. The van der Waals surface area contributed by atoms with E-state index in [2.05, 4.69) is 14.9 Å². The topological polar surface area (TPSA) is 75.1 Å². The van der Waals surface area contributed by atoms with Crippen molar-refractivity contribution in [3.8, 4) is 0 Å². The third-order valence-corrected chi connectivity index (χ3v) is 2.89. The van der Waals surface area contributed by atoms with Gasteiger partial charge in [-0.15, -0.1) is 5.10 Å². The van der Waals surface area contributed by atoms with Crippen LogP contribution < -0.4 is 5.32 Å².